The van der Waals surface area contributed by atoms with E-state index in [1.165, 1.54) is 18.4 Å². The van der Waals surface area contributed by atoms with Crippen LogP contribution in [-0.2, 0) is 0 Å². The Labute approximate surface area is 115 Å². The molecule has 0 aliphatic heterocycles. The number of hydrogen-bond acceptors (Lipinski definition) is 2. The Hall–Kier alpha value is -0.570. The summed E-state index contributed by atoms with van der Waals surface area (Å²) in [6.07, 6.45) is 3.75. The van der Waals surface area contributed by atoms with E-state index in [2.05, 4.69) is 31.0 Å². The van der Waals surface area contributed by atoms with Gasteiger partial charge in [-0.3, -0.25) is 4.90 Å². The summed E-state index contributed by atoms with van der Waals surface area (Å²) < 4.78 is 0. The van der Waals surface area contributed by atoms with E-state index in [9.17, 15) is 0 Å². The highest BCUT2D eigenvalue weighted by atomic mass is 35.5. The molecule has 1 aromatic carbocycles. The smallest absolute Gasteiger partial charge is 0.0409 e. The van der Waals surface area contributed by atoms with E-state index >= 15 is 0 Å². The molecule has 1 aromatic rings. The number of rotatable bonds is 6. The van der Waals surface area contributed by atoms with Crippen LogP contribution in [0.4, 0.5) is 0 Å². The van der Waals surface area contributed by atoms with Gasteiger partial charge in [0, 0.05) is 23.7 Å². The van der Waals surface area contributed by atoms with E-state index in [-0.39, 0.29) is 0 Å². The first-order valence-corrected chi connectivity index (χ1v) is 7.22. The second-order valence-electron chi connectivity index (χ2n) is 5.29. The van der Waals surface area contributed by atoms with Crippen LogP contribution in [0.3, 0.4) is 0 Å². The third kappa shape index (κ3) is 3.05. The first-order valence-electron chi connectivity index (χ1n) is 6.84. The summed E-state index contributed by atoms with van der Waals surface area (Å²) in [5.41, 5.74) is 7.25. The zero-order valence-corrected chi connectivity index (χ0v) is 12.0. The molecule has 2 N–H and O–H groups in total. The van der Waals surface area contributed by atoms with Crippen molar-refractivity contribution in [3.8, 4) is 0 Å². The van der Waals surface area contributed by atoms with Gasteiger partial charge in [-0.05, 0) is 49.9 Å². The van der Waals surface area contributed by atoms with Crippen LogP contribution in [0.1, 0.15) is 37.8 Å². The molecule has 2 unspecified atom stereocenters. The van der Waals surface area contributed by atoms with Crippen LogP contribution >= 0.6 is 11.6 Å². The molecule has 0 heterocycles. The maximum atomic E-state index is 6.10. The van der Waals surface area contributed by atoms with Gasteiger partial charge in [0.05, 0.1) is 0 Å². The lowest BCUT2D eigenvalue weighted by atomic mass is 10.00. The lowest BCUT2D eigenvalue weighted by Crippen LogP contribution is -2.41. The molecular formula is C15H23ClN2. The second-order valence-corrected chi connectivity index (χ2v) is 5.72. The molecule has 1 aliphatic rings. The Balaban J connectivity index is 2.16. The summed E-state index contributed by atoms with van der Waals surface area (Å²) >= 11 is 6.10. The fourth-order valence-corrected chi connectivity index (χ4v) is 3.07. The Bertz CT molecular complexity index is 390. The second kappa shape index (κ2) is 6.05. The fourth-order valence-electron chi connectivity index (χ4n) is 2.88. The molecule has 2 rings (SSSR count). The van der Waals surface area contributed by atoms with Crippen molar-refractivity contribution in [3.05, 3.63) is 34.9 Å². The molecule has 18 heavy (non-hydrogen) atoms. The summed E-state index contributed by atoms with van der Waals surface area (Å²) in [4.78, 5) is 2.45. The van der Waals surface area contributed by atoms with Crippen molar-refractivity contribution < 1.29 is 0 Å². The van der Waals surface area contributed by atoms with Crippen LogP contribution in [0.2, 0.25) is 5.02 Å². The van der Waals surface area contributed by atoms with E-state index in [4.69, 9.17) is 17.3 Å². The number of nitrogens with two attached hydrogens (primary N) is 1. The average Bonchev–Trinajstić information content (AvgIpc) is 3.15. The summed E-state index contributed by atoms with van der Waals surface area (Å²) in [6.45, 7) is 2.97. The molecule has 0 aromatic heterocycles. The van der Waals surface area contributed by atoms with Gasteiger partial charge in [-0.1, -0.05) is 30.7 Å². The molecule has 100 valence electrons. The fraction of sp³-hybridized carbons (Fsp3) is 0.600. The Kier molecular flexibility index (Phi) is 4.66. The van der Waals surface area contributed by atoms with E-state index < -0.39 is 0 Å². The van der Waals surface area contributed by atoms with Gasteiger partial charge in [-0.2, -0.15) is 0 Å². The molecule has 1 fully saturated rings. The normalized spacial score (nSPS) is 18.9. The number of benzene rings is 1. The number of halogens is 1. The quantitative estimate of drug-likeness (QED) is 0.854. The minimum Gasteiger partial charge on any atom is -0.329 e. The Morgan fingerprint density at radius 3 is 2.67 bits per heavy atom. The Morgan fingerprint density at radius 1 is 1.44 bits per heavy atom. The van der Waals surface area contributed by atoms with Gasteiger partial charge < -0.3 is 5.73 Å². The van der Waals surface area contributed by atoms with E-state index in [0.717, 1.165) is 23.9 Å². The minimum absolute atomic E-state index is 0.415. The van der Waals surface area contributed by atoms with Gasteiger partial charge in [0.25, 0.3) is 0 Å². The predicted octanol–water partition coefficient (Wildman–Crippen LogP) is 3.46. The van der Waals surface area contributed by atoms with Crippen LogP contribution in [0.15, 0.2) is 24.3 Å². The molecule has 1 saturated carbocycles. The van der Waals surface area contributed by atoms with Crippen molar-refractivity contribution in [2.24, 2.45) is 11.7 Å². The molecule has 2 nitrogen and oxygen atoms in total. The maximum absolute atomic E-state index is 6.10. The van der Waals surface area contributed by atoms with E-state index in [0.29, 0.717) is 12.1 Å². The summed E-state index contributed by atoms with van der Waals surface area (Å²) in [5, 5.41) is 0.815. The summed E-state index contributed by atoms with van der Waals surface area (Å²) in [6, 6.07) is 9.12. The monoisotopic (exact) mass is 266 g/mol. The molecule has 0 amide bonds. The first kappa shape index (κ1) is 13.9. The van der Waals surface area contributed by atoms with Crippen molar-refractivity contribution in [2.75, 3.05) is 13.6 Å². The van der Waals surface area contributed by atoms with Crippen molar-refractivity contribution in [1.82, 2.24) is 4.90 Å². The molecule has 0 bridgehead atoms. The highest BCUT2D eigenvalue weighted by Gasteiger charge is 2.35. The van der Waals surface area contributed by atoms with Crippen LogP contribution in [0, 0.1) is 5.92 Å². The average molecular weight is 267 g/mol. The first-order chi connectivity index (χ1) is 8.67. The van der Waals surface area contributed by atoms with Gasteiger partial charge in [-0.15, -0.1) is 0 Å². The van der Waals surface area contributed by atoms with Gasteiger partial charge in [0.1, 0.15) is 0 Å². The maximum Gasteiger partial charge on any atom is 0.0409 e. The number of hydrogen-bond donors (Lipinski definition) is 1. The molecule has 3 heteroatoms. The highest BCUT2D eigenvalue weighted by molar-refractivity contribution is 6.30. The summed E-state index contributed by atoms with van der Waals surface area (Å²) in [7, 11) is 2.20. The zero-order valence-electron chi connectivity index (χ0n) is 11.3. The molecule has 0 radical (unpaired) electrons. The third-order valence-corrected chi connectivity index (χ3v) is 4.28. The predicted molar refractivity (Wildman–Crippen MR) is 77.8 cm³/mol. The van der Waals surface area contributed by atoms with Gasteiger partial charge in [0.15, 0.2) is 0 Å². The summed E-state index contributed by atoms with van der Waals surface area (Å²) in [5.74, 6) is 0.799. The van der Waals surface area contributed by atoms with Crippen LogP contribution < -0.4 is 5.73 Å². The standard InChI is InChI=1S/C15H23ClN2/c1-3-14(12-5-4-6-13(16)9-12)18(2)15(10-17)11-7-8-11/h4-6,9,11,14-15H,3,7-8,10,17H2,1-2H3. The largest absolute Gasteiger partial charge is 0.329 e. The van der Waals surface area contributed by atoms with Gasteiger partial charge in [-0.25, -0.2) is 0 Å². The molecule has 0 saturated heterocycles. The Morgan fingerprint density at radius 2 is 2.17 bits per heavy atom. The van der Waals surface area contributed by atoms with E-state index in [1.54, 1.807) is 0 Å². The lowest BCUT2D eigenvalue weighted by molar-refractivity contribution is 0.155. The number of nitrogens with zero attached hydrogens (tertiary/aromatic N) is 1. The van der Waals surface area contributed by atoms with Crippen LogP contribution in [0.5, 0.6) is 0 Å². The molecular weight excluding hydrogens is 244 g/mol. The third-order valence-electron chi connectivity index (χ3n) is 4.04. The molecule has 0 spiro atoms. The minimum atomic E-state index is 0.415. The number of likely N-dealkylation sites (N-methyl/N-ethyl adjacent to an activating group) is 1. The van der Waals surface area contributed by atoms with Crippen molar-refractivity contribution >= 4 is 11.6 Å². The van der Waals surface area contributed by atoms with Crippen molar-refractivity contribution in [2.45, 2.75) is 38.3 Å². The van der Waals surface area contributed by atoms with Gasteiger partial charge in [0.2, 0.25) is 0 Å². The lowest BCUT2D eigenvalue weighted by Gasteiger charge is -2.34. The van der Waals surface area contributed by atoms with Crippen molar-refractivity contribution in [3.63, 3.8) is 0 Å². The topological polar surface area (TPSA) is 29.3 Å². The zero-order chi connectivity index (χ0) is 13.1. The SMILES string of the molecule is CCC(c1cccc(Cl)c1)N(C)C(CN)C1CC1. The van der Waals surface area contributed by atoms with Crippen LogP contribution in [0.25, 0.3) is 0 Å². The molecule has 2 atom stereocenters. The van der Waals surface area contributed by atoms with Gasteiger partial charge >= 0.3 is 0 Å². The van der Waals surface area contributed by atoms with Crippen molar-refractivity contribution in [1.29, 1.82) is 0 Å². The molecule has 1 aliphatic carbocycles. The highest BCUT2D eigenvalue weighted by Crippen LogP contribution is 2.38. The van der Waals surface area contributed by atoms with Crippen LogP contribution in [-0.4, -0.2) is 24.5 Å². The van der Waals surface area contributed by atoms with E-state index in [1.807, 2.05) is 12.1 Å².